The van der Waals surface area contributed by atoms with Crippen molar-refractivity contribution in [2.24, 2.45) is 0 Å². The van der Waals surface area contributed by atoms with E-state index in [4.69, 9.17) is 0 Å². The molecule has 5 heteroatoms. The van der Waals surface area contributed by atoms with Gasteiger partial charge in [0.25, 0.3) is 0 Å². The molecule has 0 heterocycles. The highest BCUT2D eigenvalue weighted by atomic mass is 16.5. The van der Waals surface area contributed by atoms with E-state index in [0.29, 0.717) is 5.56 Å². The SMILES string of the molecule is CNc1ccc(C(O)C(O)C(=O)OC)cc1. The fraction of sp³-hybridized carbons (Fsp3) is 0.364. The lowest BCUT2D eigenvalue weighted by atomic mass is 10.0. The maximum atomic E-state index is 11.0. The van der Waals surface area contributed by atoms with Crippen molar-refractivity contribution in [3.63, 3.8) is 0 Å². The van der Waals surface area contributed by atoms with Gasteiger partial charge in [-0.15, -0.1) is 0 Å². The van der Waals surface area contributed by atoms with Crippen molar-refractivity contribution >= 4 is 11.7 Å². The molecule has 0 aliphatic carbocycles. The minimum atomic E-state index is -1.56. The van der Waals surface area contributed by atoms with Gasteiger partial charge < -0.3 is 20.3 Å². The summed E-state index contributed by atoms with van der Waals surface area (Å²) in [5.41, 5.74) is 1.33. The van der Waals surface area contributed by atoms with E-state index in [9.17, 15) is 15.0 Å². The molecule has 0 aliphatic heterocycles. The van der Waals surface area contributed by atoms with Gasteiger partial charge in [0.1, 0.15) is 6.10 Å². The van der Waals surface area contributed by atoms with Crippen LogP contribution in [0.5, 0.6) is 0 Å². The number of nitrogens with one attached hydrogen (secondary N) is 1. The van der Waals surface area contributed by atoms with Crippen LogP contribution in [0.15, 0.2) is 24.3 Å². The average Bonchev–Trinajstić information content (AvgIpc) is 2.36. The monoisotopic (exact) mass is 225 g/mol. The summed E-state index contributed by atoms with van der Waals surface area (Å²) in [7, 11) is 2.93. The Balaban J connectivity index is 2.79. The molecule has 1 aromatic rings. The summed E-state index contributed by atoms with van der Waals surface area (Å²) in [5.74, 6) is -0.856. The summed E-state index contributed by atoms with van der Waals surface area (Å²) in [4.78, 5) is 11.0. The third-order valence-electron chi connectivity index (χ3n) is 2.28. The summed E-state index contributed by atoms with van der Waals surface area (Å²) >= 11 is 0. The van der Waals surface area contributed by atoms with Gasteiger partial charge in [-0.3, -0.25) is 0 Å². The molecule has 2 atom stereocenters. The van der Waals surface area contributed by atoms with E-state index in [-0.39, 0.29) is 0 Å². The molecule has 2 unspecified atom stereocenters. The van der Waals surface area contributed by atoms with Crippen molar-refractivity contribution < 1.29 is 19.7 Å². The Hall–Kier alpha value is -1.59. The first-order valence-corrected chi connectivity index (χ1v) is 4.81. The van der Waals surface area contributed by atoms with Gasteiger partial charge in [-0.05, 0) is 17.7 Å². The quantitative estimate of drug-likeness (QED) is 0.642. The molecule has 0 amide bonds. The van der Waals surface area contributed by atoms with Crippen molar-refractivity contribution in [3.8, 4) is 0 Å². The number of hydrogen-bond acceptors (Lipinski definition) is 5. The Morgan fingerprint density at radius 1 is 1.31 bits per heavy atom. The lowest BCUT2D eigenvalue weighted by Crippen LogP contribution is -2.28. The number of carbonyl (C=O) groups excluding carboxylic acids is 1. The van der Waals surface area contributed by atoms with Gasteiger partial charge in [-0.2, -0.15) is 0 Å². The average molecular weight is 225 g/mol. The molecule has 0 saturated carbocycles. The fourth-order valence-corrected chi connectivity index (χ4v) is 1.28. The number of esters is 1. The zero-order valence-corrected chi connectivity index (χ0v) is 9.18. The zero-order valence-electron chi connectivity index (χ0n) is 9.18. The number of anilines is 1. The van der Waals surface area contributed by atoms with Gasteiger partial charge in [-0.1, -0.05) is 12.1 Å². The van der Waals surface area contributed by atoms with Crippen LogP contribution < -0.4 is 5.32 Å². The van der Waals surface area contributed by atoms with Gasteiger partial charge in [0, 0.05) is 12.7 Å². The van der Waals surface area contributed by atoms with Crippen molar-refractivity contribution in [1.82, 2.24) is 0 Å². The Morgan fingerprint density at radius 3 is 2.31 bits per heavy atom. The van der Waals surface area contributed by atoms with Gasteiger partial charge in [0.15, 0.2) is 6.10 Å². The first-order valence-electron chi connectivity index (χ1n) is 4.81. The van der Waals surface area contributed by atoms with Crippen molar-refractivity contribution in [2.75, 3.05) is 19.5 Å². The second kappa shape index (κ2) is 5.48. The van der Waals surface area contributed by atoms with Gasteiger partial charge in [0.05, 0.1) is 7.11 Å². The van der Waals surface area contributed by atoms with Crippen LogP contribution in [-0.2, 0) is 9.53 Å². The summed E-state index contributed by atoms with van der Waals surface area (Å²) in [6.45, 7) is 0. The Kier molecular flexibility index (Phi) is 4.28. The summed E-state index contributed by atoms with van der Waals surface area (Å²) in [6.07, 6.45) is -2.84. The van der Waals surface area contributed by atoms with Crippen LogP contribution in [0.2, 0.25) is 0 Å². The van der Waals surface area contributed by atoms with Crippen LogP contribution in [0.1, 0.15) is 11.7 Å². The van der Waals surface area contributed by atoms with Gasteiger partial charge in [-0.25, -0.2) is 4.79 Å². The van der Waals surface area contributed by atoms with Crippen LogP contribution in [0, 0.1) is 0 Å². The minimum Gasteiger partial charge on any atom is -0.467 e. The van der Waals surface area contributed by atoms with Gasteiger partial charge in [0.2, 0.25) is 0 Å². The van der Waals surface area contributed by atoms with Crippen LogP contribution in [-0.4, -0.2) is 36.4 Å². The molecule has 16 heavy (non-hydrogen) atoms. The standard InChI is InChI=1S/C11H15NO4/c1-12-8-5-3-7(4-6-8)9(13)10(14)11(15)16-2/h3-6,9-10,12-14H,1-2H3. The summed E-state index contributed by atoms with van der Waals surface area (Å²) in [6, 6.07) is 6.73. The molecule has 5 nitrogen and oxygen atoms in total. The summed E-state index contributed by atoms with van der Waals surface area (Å²) in [5, 5.41) is 22.0. The molecule has 88 valence electrons. The molecule has 1 aromatic carbocycles. The first-order chi connectivity index (χ1) is 7.60. The number of benzene rings is 1. The van der Waals surface area contributed by atoms with E-state index in [1.165, 1.54) is 0 Å². The lowest BCUT2D eigenvalue weighted by Gasteiger charge is -2.16. The van der Waals surface area contributed by atoms with E-state index in [0.717, 1.165) is 12.8 Å². The Morgan fingerprint density at radius 2 is 1.88 bits per heavy atom. The van der Waals surface area contributed by atoms with Crippen LogP contribution in [0.4, 0.5) is 5.69 Å². The van der Waals surface area contributed by atoms with E-state index in [2.05, 4.69) is 10.1 Å². The number of ether oxygens (including phenoxy) is 1. The number of hydrogen-bond donors (Lipinski definition) is 3. The first kappa shape index (κ1) is 12.5. The predicted octanol–water partition coefficient (Wildman–Crippen LogP) is 0.296. The molecule has 0 aliphatic rings. The number of methoxy groups -OCH3 is 1. The molecule has 0 bridgehead atoms. The second-order valence-electron chi connectivity index (χ2n) is 3.28. The van der Waals surface area contributed by atoms with E-state index in [1.807, 2.05) is 0 Å². The topological polar surface area (TPSA) is 78.8 Å². The molecule has 0 saturated heterocycles. The number of carbonyl (C=O) groups is 1. The maximum absolute atomic E-state index is 11.0. The molecule has 0 spiro atoms. The van der Waals surface area contributed by atoms with Crippen LogP contribution in [0.3, 0.4) is 0 Å². The third kappa shape index (κ3) is 2.71. The van der Waals surface area contributed by atoms with E-state index >= 15 is 0 Å². The highest BCUT2D eigenvalue weighted by Gasteiger charge is 2.26. The molecule has 1 rings (SSSR count). The number of aliphatic hydroxyl groups excluding tert-OH is 2. The molecule has 0 aromatic heterocycles. The minimum absolute atomic E-state index is 0.455. The smallest absolute Gasteiger partial charge is 0.337 e. The summed E-state index contributed by atoms with van der Waals surface area (Å²) < 4.78 is 4.34. The number of aliphatic hydroxyl groups is 2. The molecular weight excluding hydrogens is 210 g/mol. The lowest BCUT2D eigenvalue weighted by molar-refractivity contribution is -0.156. The zero-order chi connectivity index (χ0) is 12.1. The van der Waals surface area contributed by atoms with Crippen molar-refractivity contribution in [1.29, 1.82) is 0 Å². The van der Waals surface area contributed by atoms with Crippen molar-refractivity contribution in [3.05, 3.63) is 29.8 Å². The van der Waals surface area contributed by atoms with Crippen LogP contribution >= 0.6 is 0 Å². The highest BCUT2D eigenvalue weighted by Crippen LogP contribution is 2.19. The molecule has 0 fully saturated rings. The van der Waals surface area contributed by atoms with E-state index < -0.39 is 18.2 Å². The largest absolute Gasteiger partial charge is 0.467 e. The molecule has 3 N–H and O–H groups in total. The van der Waals surface area contributed by atoms with Crippen molar-refractivity contribution in [2.45, 2.75) is 12.2 Å². The highest BCUT2D eigenvalue weighted by molar-refractivity contribution is 5.75. The van der Waals surface area contributed by atoms with E-state index in [1.54, 1.807) is 31.3 Å². The van der Waals surface area contributed by atoms with Crippen LogP contribution in [0.25, 0.3) is 0 Å². The number of rotatable bonds is 4. The molecule has 0 radical (unpaired) electrons. The fourth-order valence-electron chi connectivity index (χ4n) is 1.28. The normalized spacial score (nSPS) is 14.0. The third-order valence-corrected chi connectivity index (χ3v) is 2.28. The maximum Gasteiger partial charge on any atom is 0.337 e. The second-order valence-corrected chi connectivity index (χ2v) is 3.28. The predicted molar refractivity (Wildman–Crippen MR) is 59.0 cm³/mol. The Labute approximate surface area is 93.7 Å². The molecular formula is C11H15NO4. The van der Waals surface area contributed by atoms with Gasteiger partial charge >= 0.3 is 5.97 Å². The Bertz CT molecular complexity index is 350.